The summed E-state index contributed by atoms with van der Waals surface area (Å²) in [5.41, 5.74) is 4.11. The number of ether oxygens (including phenoxy) is 1. The van der Waals surface area contributed by atoms with Crippen LogP contribution in [0.4, 0.5) is 4.79 Å². The van der Waals surface area contributed by atoms with Gasteiger partial charge in [-0.15, -0.1) is 0 Å². The minimum Gasteiger partial charge on any atom is -0.496 e. The molecular formula is C26H33N5O2. The smallest absolute Gasteiger partial charge is 0.318 e. The van der Waals surface area contributed by atoms with Crippen LogP contribution in [0.2, 0.25) is 0 Å². The van der Waals surface area contributed by atoms with Gasteiger partial charge < -0.3 is 19.9 Å². The van der Waals surface area contributed by atoms with Gasteiger partial charge in [0.05, 0.1) is 24.5 Å². The number of para-hydroxylation sites is 1. The van der Waals surface area contributed by atoms with Gasteiger partial charge in [0.2, 0.25) is 0 Å². The topological polar surface area (TPSA) is 73.5 Å². The number of aryl methyl sites for hydroxylation is 1. The second-order valence-corrected chi connectivity index (χ2v) is 8.47. The van der Waals surface area contributed by atoms with E-state index in [4.69, 9.17) is 9.72 Å². The summed E-state index contributed by atoms with van der Waals surface area (Å²) in [5, 5.41) is 2.84. The molecule has 0 spiro atoms. The number of aromatic nitrogens is 2. The number of methoxy groups -OCH3 is 1. The predicted molar refractivity (Wildman–Crippen MR) is 130 cm³/mol. The zero-order chi connectivity index (χ0) is 23.2. The Balaban J connectivity index is 1.58. The third-order valence-electron chi connectivity index (χ3n) is 6.31. The third kappa shape index (κ3) is 5.20. The Labute approximate surface area is 195 Å². The molecule has 1 aliphatic rings. The molecule has 3 aromatic rings. The molecule has 2 heterocycles. The van der Waals surface area contributed by atoms with Gasteiger partial charge in [-0.25, -0.2) is 9.78 Å². The third-order valence-corrected chi connectivity index (χ3v) is 6.31. The van der Waals surface area contributed by atoms with Crippen LogP contribution in [0.25, 0.3) is 11.4 Å². The average molecular weight is 448 g/mol. The van der Waals surface area contributed by atoms with Crippen molar-refractivity contribution in [2.75, 3.05) is 20.7 Å². The summed E-state index contributed by atoms with van der Waals surface area (Å²) in [6.45, 7) is 4.25. The van der Waals surface area contributed by atoms with Crippen LogP contribution >= 0.6 is 0 Å². The van der Waals surface area contributed by atoms with E-state index < -0.39 is 0 Å². The summed E-state index contributed by atoms with van der Waals surface area (Å²) >= 11 is 0. The Kier molecular flexibility index (Phi) is 7.29. The maximum atomic E-state index is 12.9. The Hall–Kier alpha value is -3.32. The number of rotatable bonds is 7. The van der Waals surface area contributed by atoms with Gasteiger partial charge in [-0.3, -0.25) is 4.90 Å². The molecule has 4 rings (SSSR count). The number of nitrogens with zero attached hydrogens (tertiary/aromatic N) is 3. The number of amides is 2. The number of aromatic amines is 1. The number of carbonyl (C=O) groups is 1. The molecule has 33 heavy (non-hydrogen) atoms. The summed E-state index contributed by atoms with van der Waals surface area (Å²) < 4.78 is 5.52. The standard InChI is InChI=1S/C26H33N5O2/c1-19-22(29-25(28-19)21-13-7-8-14-23(21)33-3)18-30-16-10-9-15-24(30)31(26(32)27-2)17-20-11-5-4-6-12-20/h4-8,11-14,24H,9-10,15-18H2,1-3H3,(H,27,32)(H,28,29). The largest absolute Gasteiger partial charge is 0.496 e. The van der Waals surface area contributed by atoms with Crippen LogP contribution in [0.15, 0.2) is 54.6 Å². The van der Waals surface area contributed by atoms with Crippen molar-refractivity contribution in [3.63, 3.8) is 0 Å². The summed E-state index contributed by atoms with van der Waals surface area (Å²) in [6.07, 6.45) is 3.19. The van der Waals surface area contributed by atoms with Crippen molar-refractivity contribution in [1.82, 2.24) is 25.1 Å². The maximum absolute atomic E-state index is 12.9. The number of piperidine rings is 1. The molecule has 1 aliphatic heterocycles. The van der Waals surface area contributed by atoms with Gasteiger partial charge >= 0.3 is 6.03 Å². The quantitative estimate of drug-likeness (QED) is 0.557. The van der Waals surface area contributed by atoms with Gasteiger partial charge in [0.15, 0.2) is 0 Å². The molecule has 7 heteroatoms. The normalized spacial score (nSPS) is 16.4. The van der Waals surface area contributed by atoms with Crippen molar-refractivity contribution in [1.29, 1.82) is 0 Å². The van der Waals surface area contributed by atoms with E-state index in [2.05, 4.69) is 34.3 Å². The lowest BCUT2D eigenvalue weighted by Gasteiger charge is -2.42. The number of hydrogen-bond acceptors (Lipinski definition) is 4. The average Bonchev–Trinajstić information content (AvgIpc) is 3.23. The fraction of sp³-hybridized carbons (Fsp3) is 0.385. The Bertz CT molecular complexity index is 1070. The number of benzene rings is 2. The van der Waals surface area contributed by atoms with E-state index in [-0.39, 0.29) is 12.2 Å². The molecule has 0 aliphatic carbocycles. The molecule has 1 aromatic heterocycles. The van der Waals surface area contributed by atoms with Gasteiger partial charge in [-0.1, -0.05) is 42.5 Å². The van der Waals surface area contributed by atoms with Gasteiger partial charge in [0.25, 0.3) is 0 Å². The second-order valence-electron chi connectivity index (χ2n) is 8.47. The van der Waals surface area contributed by atoms with E-state index in [0.29, 0.717) is 13.1 Å². The molecule has 1 unspecified atom stereocenters. The van der Waals surface area contributed by atoms with Crippen molar-refractivity contribution in [2.45, 2.75) is 45.4 Å². The monoisotopic (exact) mass is 447 g/mol. The van der Waals surface area contributed by atoms with Crippen LogP contribution in [0.5, 0.6) is 5.75 Å². The molecule has 2 amide bonds. The number of H-pyrrole nitrogens is 1. The summed E-state index contributed by atoms with van der Waals surface area (Å²) in [7, 11) is 3.37. The lowest BCUT2D eigenvalue weighted by atomic mass is 10.1. The van der Waals surface area contributed by atoms with Crippen LogP contribution in [0.3, 0.4) is 0 Å². The zero-order valence-electron chi connectivity index (χ0n) is 19.7. The Morgan fingerprint density at radius 2 is 1.94 bits per heavy atom. The van der Waals surface area contributed by atoms with Crippen LogP contribution in [0.1, 0.15) is 36.2 Å². The molecule has 0 bridgehead atoms. The first kappa shape index (κ1) is 22.9. The molecule has 2 aromatic carbocycles. The minimum atomic E-state index is -0.0517. The molecule has 7 nitrogen and oxygen atoms in total. The number of nitrogens with one attached hydrogen (secondary N) is 2. The highest BCUT2D eigenvalue weighted by molar-refractivity contribution is 5.74. The number of urea groups is 1. The van der Waals surface area contributed by atoms with Crippen LogP contribution in [0, 0.1) is 6.92 Å². The highest BCUT2D eigenvalue weighted by Crippen LogP contribution is 2.30. The molecule has 1 fully saturated rings. The fourth-order valence-electron chi connectivity index (χ4n) is 4.56. The molecule has 0 saturated carbocycles. The van der Waals surface area contributed by atoms with E-state index in [9.17, 15) is 4.79 Å². The Morgan fingerprint density at radius 1 is 1.18 bits per heavy atom. The lowest BCUT2D eigenvalue weighted by Crippen LogP contribution is -2.54. The second kappa shape index (κ2) is 10.5. The van der Waals surface area contributed by atoms with Gasteiger partial charge in [-0.2, -0.15) is 0 Å². The highest BCUT2D eigenvalue weighted by Gasteiger charge is 2.32. The number of imidazole rings is 1. The first-order chi connectivity index (χ1) is 16.1. The van der Waals surface area contributed by atoms with Gasteiger partial charge in [-0.05, 0) is 43.9 Å². The summed E-state index contributed by atoms with van der Waals surface area (Å²) in [4.78, 5) is 25.6. The van der Waals surface area contributed by atoms with Crippen LogP contribution in [-0.2, 0) is 13.1 Å². The molecular weight excluding hydrogens is 414 g/mol. The SMILES string of the molecule is CNC(=O)N(Cc1ccccc1)C1CCCCN1Cc1nc(-c2ccccc2OC)[nH]c1C. The highest BCUT2D eigenvalue weighted by atomic mass is 16.5. The summed E-state index contributed by atoms with van der Waals surface area (Å²) in [6, 6.07) is 18.0. The van der Waals surface area contributed by atoms with Crippen molar-refractivity contribution in [3.8, 4) is 17.1 Å². The van der Waals surface area contributed by atoms with E-state index in [1.54, 1.807) is 14.2 Å². The first-order valence-electron chi connectivity index (χ1n) is 11.6. The zero-order valence-corrected chi connectivity index (χ0v) is 19.7. The van der Waals surface area contributed by atoms with Crippen molar-refractivity contribution >= 4 is 6.03 Å². The van der Waals surface area contributed by atoms with Crippen LogP contribution < -0.4 is 10.1 Å². The fourth-order valence-corrected chi connectivity index (χ4v) is 4.56. The first-order valence-corrected chi connectivity index (χ1v) is 11.6. The van der Waals surface area contributed by atoms with Crippen LogP contribution in [-0.4, -0.2) is 52.7 Å². The minimum absolute atomic E-state index is 0.0183. The van der Waals surface area contributed by atoms with E-state index in [1.807, 2.05) is 47.4 Å². The number of hydrogen-bond donors (Lipinski definition) is 2. The maximum Gasteiger partial charge on any atom is 0.318 e. The van der Waals surface area contributed by atoms with E-state index >= 15 is 0 Å². The van der Waals surface area contributed by atoms with E-state index in [0.717, 1.165) is 59.9 Å². The molecule has 2 N–H and O–H groups in total. The molecule has 1 saturated heterocycles. The van der Waals surface area contributed by atoms with Gasteiger partial charge in [0, 0.05) is 32.4 Å². The molecule has 0 radical (unpaired) electrons. The van der Waals surface area contributed by atoms with Crippen molar-refractivity contribution in [3.05, 3.63) is 71.5 Å². The number of carbonyl (C=O) groups excluding carboxylic acids is 1. The van der Waals surface area contributed by atoms with Gasteiger partial charge in [0.1, 0.15) is 11.6 Å². The lowest BCUT2D eigenvalue weighted by molar-refractivity contribution is 0.0260. The Morgan fingerprint density at radius 3 is 2.70 bits per heavy atom. The van der Waals surface area contributed by atoms with Crippen molar-refractivity contribution in [2.24, 2.45) is 0 Å². The molecule has 1 atom stereocenters. The number of likely N-dealkylation sites (tertiary alicyclic amines) is 1. The van der Waals surface area contributed by atoms with Crippen molar-refractivity contribution < 1.29 is 9.53 Å². The predicted octanol–water partition coefficient (Wildman–Crippen LogP) is 4.55. The van der Waals surface area contributed by atoms with E-state index in [1.165, 1.54) is 0 Å². The molecule has 174 valence electrons. The summed E-state index contributed by atoms with van der Waals surface area (Å²) in [5.74, 6) is 1.60.